The van der Waals surface area contributed by atoms with Crippen molar-refractivity contribution in [3.8, 4) is 0 Å². The number of fused-ring (bicyclic) bond motifs is 1. The fourth-order valence-electron chi connectivity index (χ4n) is 9.06. The molecular weight excluding hydrogens is 408 g/mol. The Hall–Kier alpha value is -1.56. The van der Waals surface area contributed by atoms with Crippen molar-refractivity contribution >= 4 is 0 Å². The average molecular weight is 457 g/mol. The van der Waals surface area contributed by atoms with E-state index in [1.54, 1.807) is 11.1 Å². The summed E-state index contributed by atoms with van der Waals surface area (Å²) in [7, 11) is 0. The van der Waals surface area contributed by atoms with Crippen LogP contribution in [0.15, 0.2) is 60.7 Å². The van der Waals surface area contributed by atoms with Gasteiger partial charge in [-0.3, -0.25) is 0 Å². The van der Waals surface area contributed by atoms with Gasteiger partial charge in [0.25, 0.3) is 0 Å². The van der Waals surface area contributed by atoms with Crippen LogP contribution in [-0.4, -0.2) is 0 Å². The summed E-state index contributed by atoms with van der Waals surface area (Å²) in [5.41, 5.74) is 3.82. The largest absolute Gasteiger partial charge is 0.0654 e. The van der Waals surface area contributed by atoms with Crippen molar-refractivity contribution in [2.24, 2.45) is 35.0 Å². The summed E-state index contributed by atoms with van der Waals surface area (Å²) < 4.78 is 0. The number of unbranched alkanes of at least 4 members (excludes halogenated alkanes) is 1. The van der Waals surface area contributed by atoms with E-state index in [1.165, 1.54) is 77.0 Å². The zero-order chi connectivity index (χ0) is 23.6. The summed E-state index contributed by atoms with van der Waals surface area (Å²) in [6.45, 7) is 7.57. The zero-order valence-electron chi connectivity index (χ0n) is 22.1. The van der Waals surface area contributed by atoms with Gasteiger partial charge in [-0.1, -0.05) is 107 Å². The third-order valence-electron chi connectivity index (χ3n) is 11.1. The molecule has 0 heteroatoms. The molecule has 34 heavy (non-hydrogen) atoms. The van der Waals surface area contributed by atoms with E-state index in [2.05, 4.69) is 81.4 Å². The van der Waals surface area contributed by atoms with E-state index in [4.69, 9.17) is 0 Å². The molecule has 0 saturated heterocycles. The molecule has 0 spiro atoms. The predicted octanol–water partition coefficient (Wildman–Crippen LogP) is 9.82. The van der Waals surface area contributed by atoms with Crippen LogP contribution in [0.3, 0.4) is 0 Å². The lowest BCUT2D eigenvalue weighted by molar-refractivity contribution is -0.0718. The first kappa shape index (κ1) is 24.1. The predicted molar refractivity (Wildman–Crippen MR) is 146 cm³/mol. The first-order valence-corrected chi connectivity index (χ1v) is 14.7. The lowest BCUT2D eigenvalue weighted by Crippen LogP contribution is -2.52. The summed E-state index contributed by atoms with van der Waals surface area (Å²) in [4.78, 5) is 0. The highest BCUT2D eigenvalue weighted by Crippen LogP contribution is 2.64. The molecule has 6 atom stereocenters. The van der Waals surface area contributed by atoms with E-state index in [-0.39, 0.29) is 5.41 Å². The van der Waals surface area contributed by atoms with Crippen LogP contribution in [0, 0.1) is 35.0 Å². The van der Waals surface area contributed by atoms with Gasteiger partial charge < -0.3 is 0 Å². The Morgan fingerprint density at radius 2 is 1.47 bits per heavy atom. The van der Waals surface area contributed by atoms with E-state index in [9.17, 15) is 0 Å². The monoisotopic (exact) mass is 456 g/mol. The van der Waals surface area contributed by atoms with E-state index in [1.807, 2.05) is 0 Å². The highest BCUT2D eigenvalue weighted by molar-refractivity contribution is 5.40. The van der Waals surface area contributed by atoms with Gasteiger partial charge >= 0.3 is 0 Å². The Bertz CT molecular complexity index is 859. The fraction of sp³-hybridized carbons (Fsp3) is 0.647. The minimum absolute atomic E-state index is 0.190. The SMILES string of the molecule is CCCCC1C(C2CCC(CC)C2)CCC2CC(c3ccccc3)(c3ccccc3)CCC21C. The molecule has 0 bridgehead atoms. The van der Waals surface area contributed by atoms with Crippen LogP contribution in [0.25, 0.3) is 0 Å². The maximum atomic E-state index is 2.75. The van der Waals surface area contributed by atoms with Crippen LogP contribution >= 0.6 is 0 Å². The van der Waals surface area contributed by atoms with E-state index in [0.717, 1.165) is 29.6 Å². The van der Waals surface area contributed by atoms with Crippen molar-refractivity contribution < 1.29 is 0 Å². The van der Waals surface area contributed by atoms with Crippen molar-refractivity contribution in [3.05, 3.63) is 71.8 Å². The van der Waals surface area contributed by atoms with Crippen LogP contribution in [0.1, 0.15) is 109 Å². The highest BCUT2D eigenvalue weighted by Gasteiger charge is 2.55. The molecule has 3 saturated carbocycles. The van der Waals surface area contributed by atoms with Gasteiger partial charge in [0.1, 0.15) is 0 Å². The van der Waals surface area contributed by atoms with Gasteiger partial charge in [0.15, 0.2) is 0 Å². The van der Waals surface area contributed by atoms with Gasteiger partial charge in [-0.2, -0.15) is 0 Å². The molecule has 0 N–H and O–H groups in total. The molecule has 3 aliphatic rings. The first-order valence-electron chi connectivity index (χ1n) is 14.7. The van der Waals surface area contributed by atoms with Gasteiger partial charge in [0, 0.05) is 5.41 Å². The van der Waals surface area contributed by atoms with E-state index in [0.29, 0.717) is 5.41 Å². The normalized spacial score (nSPS) is 35.1. The summed E-state index contributed by atoms with van der Waals surface area (Å²) in [5.74, 6) is 4.81. The fourth-order valence-corrected chi connectivity index (χ4v) is 9.06. The number of benzene rings is 2. The summed E-state index contributed by atoms with van der Waals surface area (Å²) in [6, 6.07) is 23.1. The highest BCUT2D eigenvalue weighted by atomic mass is 14.6. The van der Waals surface area contributed by atoms with Gasteiger partial charge in [-0.25, -0.2) is 0 Å². The second kappa shape index (κ2) is 10.2. The maximum absolute atomic E-state index is 2.75. The van der Waals surface area contributed by atoms with Crippen LogP contribution in [0.2, 0.25) is 0 Å². The maximum Gasteiger partial charge on any atom is 0.0206 e. The average Bonchev–Trinajstić information content (AvgIpc) is 3.37. The Morgan fingerprint density at radius 3 is 2.06 bits per heavy atom. The first-order chi connectivity index (χ1) is 16.6. The van der Waals surface area contributed by atoms with Gasteiger partial charge in [-0.15, -0.1) is 0 Å². The molecule has 0 amide bonds. The second-order valence-corrected chi connectivity index (χ2v) is 12.6. The molecule has 0 aromatic heterocycles. The smallest absolute Gasteiger partial charge is 0.0206 e. The lowest BCUT2D eigenvalue weighted by atomic mass is 9.45. The molecule has 0 heterocycles. The minimum Gasteiger partial charge on any atom is -0.0654 e. The Morgan fingerprint density at radius 1 is 0.794 bits per heavy atom. The molecule has 6 unspecified atom stereocenters. The standard InChI is InChI=1S/C34H48/c1-4-6-17-32-31(27-19-18-26(5-2)24-27)21-20-30-25-34(23-22-33(30,32)3,28-13-9-7-10-14-28)29-15-11-8-12-16-29/h7-16,26-27,30-32H,4-6,17-25H2,1-3H3. The topological polar surface area (TPSA) is 0 Å². The van der Waals surface area contributed by atoms with E-state index >= 15 is 0 Å². The van der Waals surface area contributed by atoms with Crippen molar-refractivity contribution in [2.45, 2.75) is 103 Å². The van der Waals surface area contributed by atoms with Crippen molar-refractivity contribution in [1.29, 1.82) is 0 Å². The van der Waals surface area contributed by atoms with E-state index < -0.39 is 0 Å². The van der Waals surface area contributed by atoms with Crippen LogP contribution < -0.4 is 0 Å². The van der Waals surface area contributed by atoms with Crippen molar-refractivity contribution in [1.82, 2.24) is 0 Å². The van der Waals surface area contributed by atoms with Crippen molar-refractivity contribution in [3.63, 3.8) is 0 Å². The lowest BCUT2D eigenvalue weighted by Gasteiger charge is -2.59. The molecule has 0 aliphatic heterocycles. The molecule has 3 fully saturated rings. The quantitative estimate of drug-likeness (QED) is 0.389. The van der Waals surface area contributed by atoms with Crippen LogP contribution in [0.4, 0.5) is 0 Å². The van der Waals surface area contributed by atoms with Gasteiger partial charge in [-0.05, 0) is 97.5 Å². The molecule has 2 aromatic carbocycles. The van der Waals surface area contributed by atoms with Crippen molar-refractivity contribution in [2.75, 3.05) is 0 Å². The van der Waals surface area contributed by atoms with Crippen LogP contribution in [-0.2, 0) is 5.41 Å². The zero-order valence-corrected chi connectivity index (χ0v) is 22.1. The molecule has 184 valence electrons. The summed E-state index contributed by atoms with van der Waals surface area (Å²) in [6.07, 6.45) is 17.2. The molecule has 3 aliphatic carbocycles. The molecule has 0 radical (unpaired) electrons. The molecule has 0 nitrogen and oxygen atoms in total. The Balaban J connectivity index is 1.47. The third kappa shape index (κ3) is 4.29. The van der Waals surface area contributed by atoms with Crippen LogP contribution in [0.5, 0.6) is 0 Å². The summed E-state index contributed by atoms with van der Waals surface area (Å²) >= 11 is 0. The van der Waals surface area contributed by atoms with Gasteiger partial charge in [0.05, 0.1) is 0 Å². The third-order valence-corrected chi connectivity index (χ3v) is 11.1. The Labute approximate surface area is 209 Å². The minimum atomic E-state index is 0.190. The molecule has 2 aromatic rings. The molecule has 5 rings (SSSR count). The molecular formula is C34H48. The summed E-state index contributed by atoms with van der Waals surface area (Å²) in [5, 5.41) is 0. The number of hydrogen-bond donors (Lipinski definition) is 0. The van der Waals surface area contributed by atoms with Gasteiger partial charge in [0.2, 0.25) is 0 Å². The number of rotatable bonds is 7. The number of hydrogen-bond acceptors (Lipinski definition) is 0. The second-order valence-electron chi connectivity index (χ2n) is 12.6. The Kier molecular flexibility index (Phi) is 7.25.